The molecule has 3 aromatic carbocycles. The van der Waals surface area contributed by atoms with E-state index in [1.807, 2.05) is 0 Å². The number of alkyl halides is 3. The Morgan fingerprint density at radius 1 is 0.941 bits per heavy atom. The molecule has 4 aromatic rings. The van der Waals surface area contributed by atoms with Gasteiger partial charge in [0.25, 0.3) is 5.91 Å². The van der Waals surface area contributed by atoms with E-state index in [2.05, 4.69) is 5.10 Å². The highest BCUT2D eigenvalue weighted by molar-refractivity contribution is 5.97. The van der Waals surface area contributed by atoms with Crippen LogP contribution < -0.4 is 0 Å². The Hall–Kier alpha value is -5.11. The van der Waals surface area contributed by atoms with Gasteiger partial charge >= 0.3 is 12.1 Å². The number of nitrogens with zero attached hydrogens (tertiary/aromatic N) is 4. The molecule has 2 fully saturated rings. The number of aromatic carboxylic acids is 1. The summed E-state index contributed by atoms with van der Waals surface area (Å²) in [6, 6.07) is 16.2. The summed E-state index contributed by atoms with van der Waals surface area (Å²) in [6.45, 7) is 2.10. The van der Waals surface area contributed by atoms with Crippen molar-refractivity contribution in [2.75, 3.05) is 32.8 Å². The molecule has 0 bridgehead atoms. The van der Waals surface area contributed by atoms with E-state index in [0.29, 0.717) is 23.2 Å². The van der Waals surface area contributed by atoms with E-state index in [1.54, 1.807) is 47.5 Å². The number of rotatable bonds is 10. The molecule has 1 aromatic heterocycles. The summed E-state index contributed by atoms with van der Waals surface area (Å²) in [7, 11) is 0. The van der Waals surface area contributed by atoms with Gasteiger partial charge in [-0.2, -0.15) is 18.3 Å². The SMILES string of the molecule is CC(C)(C(=O)N1CC2(CN(C(=O)c3cnn(Cc4ccc(F)cc4)c3)C[C@H]2COCc2cccc(-c3cccc(F)c3)c2C(=O)O)C1)C(F)(F)F. The molecule has 51 heavy (non-hydrogen) atoms. The maximum absolute atomic E-state index is 14.0. The summed E-state index contributed by atoms with van der Waals surface area (Å²) < 4.78 is 76.1. The Morgan fingerprint density at radius 2 is 1.63 bits per heavy atom. The van der Waals surface area contributed by atoms with E-state index in [1.165, 1.54) is 41.2 Å². The molecule has 0 unspecified atom stereocenters. The minimum absolute atomic E-state index is 0.0154. The van der Waals surface area contributed by atoms with E-state index in [4.69, 9.17) is 4.74 Å². The topological polar surface area (TPSA) is 105 Å². The summed E-state index contributed by atoms with van der Waals surface area (Å²) in [5.41, 5.74) is -1.38. The zero-order chi connectivity index (χ0) is 36.7. The minimum atomic E-state index is -4.76. The molecule has 0 saturated carbocycles. The van der Waals surface area contributed by atoms with Crippen LogP contribution in [0.25, 0.3) is 11.1 Å². The Bertz CT molecular complexity index is 1950. The van der Waals surface area contributed by atoms with E-state index < -0.39 is 40.6 Å². The summed E-state index contributed by atoms with van der Waals surface area (Å²) in [5, 5.41) is 14.4. The van der Waals surface area contributed by atoms with Gasteiger partial charge in [-0.15, -0.1) is 0 Å². The summed E-state index contributed by atoms with van der Waals surface area (Å²) in [4.78, 5) is 41.8. The van der Waals surface area contributed by atoms with Crippen molar-refractivity contribution in [3.63, 3.8) is 0 Å². The maximum Gasteiger partial charge on any atom is 0.402 e. The number of halogens is 5. The van der Waals surface area contributed by atoms with Crippen molar-refractivity contribution < 1.29 is 46.2 Å². The first-order valence-electron chi connectivity index (χ1n) is 16.2. The molecule has 1 spiro atoms. The number of likely N-dealkylation sites (tertiary alicyclic amines) is 2. The molecule has 2 amide bonds. The highest BCUT2D eigenvalue weighted by Crippen LogP contribution is 2.48. The molecule has 2 aliphatic rings. The smallest absolute Gasteiger partial charge is 0.402 e. The van der Waals surface area contributed by atoms with E-state index in [-0.39, 0.29) is 62.2 Å². The van der Waals surface area contributed by atoms with Crippen LogP contribution in [0.2, 0.25) is 0 Å². The van der Waals surface area contributed by atoms with Gasteiger partial charge in [0, 0.05) is 43.7 Å². The van der Waals surface area contributed by atoms with Gasteiger partial charge in [0.2, 0.25) is 5.91 Å². The first kappa shape index (κ1) is 35.7. The number of carboxylic acid groups (broad SMARTS) is 1. The van der Waals surface area contributed by atoms with Gasteiger partial charge in [0.1, 0.15) is 17.0 Å². The van der Waals surface area contributed by atoms with Crippen LogP contribution in [0.15, 0.2) is 79.1 Å². The standard InChI is InChI=1S/C37H35F5N4O5/c1-35(2,37(40,41)42)34(50)45-21-36(22-45)20-44(32(47)26-14-43-46(16-26)15-23-9-11-28(38)12-10-23)17-27(36)19-51-18-25-6-4-8-30(31(25)33(48)49)24-5-3-7-29(39)13-24/h3-14,16,27H,15,17-22H2,1-2H3,(H,48,49)/t27-/m0/s1. The monoisotopic (exact) mass is 710 g/mol. The number of ether oxygens (including phenoxy) is 1. The second-order valence-electron chi connectivity index (χ2n) is 13.8. The van der Waals surface area contributed by atoms with Crippen molar-refractivity contribution in [2.24, 2.45) is 16.7 Å². The third-order valence-electron chi connectivity index (χ3n) is 9.86. The fraction of sp³-hybridized carbons (Fsp3) is 0.351. The van der Waals surface area contributed by atoms with Crippen LogP contribution in [0, 0.1) is 28.4 Å². The van der Waals surface area contributed by atoms with Gasteiger partial charge in [0.05, 0.1) is 37.1 Å². The number of carbonyl (C=O) groups is 3. The lowest BCUT2D eigenvalue weighted by Gasteiger charge is -2.52. The third-order valence-corrected chi connectivity index (χ3v) is 9.86. The van der Waals surface area contributed by atoms with Crippen molar-refractivity contribution in [3.05, 3.63) is 113 Å². The Morgan fingerprint density at radius 3 is 2.29 bits per heavy atom. The lowest BCUT2D eigenvalue weighted by molar-refractivity contribution is -0.223. The van der Waals surface area contributed by atoms with Gasteiger partial charge in [-0.1, -0.05) is 42.5 Å². The molecule has 9 nitrogen and oxygen atoms in total. The molecule has 0 radical (unpaired) electrons. The summed E-state index contributed by atoms with van der Waals surface area (Å²) in [6.07, 6.45) is -1.80. The van der Waals surface area contributed by atoms with Gasteiger partial charge in [-0.3, -0.25) is 14.3 Å². The molecule has 1 atom stereocenters. The van der Waals surface area contributed by atoms with Crippen molar-refractivity contribution in [1.82, 2.24) is 19.6 Å². The average molecular weight is 711 g/mol. The molecule has 1 N–H and O–H groups in total. The molecular formula is C37H35F5N4O5. The van der Waals surface area contributed by atoms with Crippen molar-refractivity contribution in [1.29, 1.82) is 0 Å². The van der Waals surface area contributed by atoms with Crippen LogP contribution in [0.5, 0.6) is 0 Å². The molecule has 0 aliphatic carbocycles. The normalized spacial score (nSPS) is 17.1. The number of hydrogen-bond acceptors (Lipinski definition) is 5. The van der Waals surface area contributed by atoms with Crippen LogP contribution >= 0.6 is 0 Å². The van der Waals surface area contributed by atoms with E-state index >= 15 is 0 Å². The first-order chi connectivity index (χ1) is 24.1. The first-order valence-corrected chi connectivity index (χ1v) is 16.2. The Balaban J connectivity index is 1.20. The van der Waals surface area contributed by atoms with Crippen molar-refractivity contribution in [2.45, 2.75) is 33.2 Å². The van der Waals surface area contributed by atoms with Crippen LogP contribution in [0.3, 0.4) is 0 Å². The van der Waals surface area contributed by atoms with Crippen molar-refractivity contribution >= 4 is 17.8 Å². The number of carbonyl (C=O) groups excluding carboxylic acids is 2. The molecule has 2 aliphatic heterocycles. The summed E-state index contributed by atoms with van der Waals surface area (Å²) >= 11 is 0. The average Bonchev–Trinajstić information content (AvgIpc) is 3.69. The van der Waals surface area contributed by atoms with Crippen LogP contribution in [-0.4, -0.2) is 81.4 Å². The Labute approximate surface area is 290 Å². The Kier molecular flexibility index (Phi) is 9.49. The lowest BCUT2D eigenvalue weighted by Crippen LogP contribution is -2.66. The predicted molar refractivity (Wildman–Crippen MR) is 174 cm³/mol. The number of hydrogen-bond donors (Lipinski definition) is 1. The quantitative estimate of drug-likeness (QED) is 0.195. The molecule has 14 heteroatoms. The number of carboxylic acids is 1. The van der Waals surface area contributed by atoms with Crippen LogP contribution in [0.4, 0.5) is 22.0 Å². The number of aromatic nitrogens is 2. The highest BCUT2D eigenvalue weighted by atomic mass is 19.4. The fourth-order valence-electron chi connectivity index (χ4n) is 6.85. The van der Waals surface area contributed by atoms with E-state index in [9.17, 15) is 41.4 Å². The van der Waals surface area contributed by atoms with Gasteiger partial charge in [0.15, 0.2) is 0 Å². The molecule has 3 heterocycles. The second-order valence-corrected chi connectivity index (χ2v) is 13.8. The highest BCUT2D eigenvalue weighted by Gasteiger charge is 2.61. The molecular weight excluding hydrogens is 675 g/mol. The van der Waals surface area contributed by atoms with Crippen molar-refractivity contribution in [3.8, 4) is 11.1 Å². The summed E-state index contributed by atoms with van der Waals surface area (Å²) in [5.74, 6) is -3.97. The number of benzene rings is 3. The molecule has 6 rings (SSSR count). The van der Waals surface area contributed by atoms with Gasteiger partial charge in [-0.25, -0.2) is 13.6 Å². The molecule has 268 valence electrons. The van der Waals surface area contributed by atoms with Crippen LogP contribution in [0.1, 0.15) is 45.7 Å². The van der Waals surface area contributed by atoms with Gasteiger partial charge < -0.3 is 19.6 Å². The fourth-order valence-corrected chi connectivity index (χ4v) is 6.85. The number of amides is 2. The lowest BCUT2D eigenvalue weighted by atomic mass is 9.70. The second kappa shape index (κ2) is 13.5. The largest absolute Gasteiger partial charge is 0.478 e. The van der Waals surface area contributed by atoms with E-state index in [0.717, 1.165) is 24.3 Å². The molecule has 2 saturated heterocycles. The van der Waals surface area contributed by atoms with Crippen LogP contribution in [-0.2, 0) is 22.7 Å². The maximum atomic E-state index is 14.0. The minimum Gasteiger partial charge on any atom is -0.478 e. The zero-order valence-electron chi connectivity index (χ0n) is 27.8. The predicted octanol–water partition coefficient (Wildman–Crippen LogP) is 6.28. The van der Waals surface area contributed by atoms with Gasteiger partial charge in [-0.05, 0) is 60.4 Å². The zero-order valence-corrected chi connectivity index (χ0v) is 27.8. The third kappa shape index (κ3) is 7.09.